The van der Waals surface area contributed by atoms with Crippen LogP contribution in [-0.4, -0.2) is 23.0 Å². The first kappa shape index (κ1) is 8.76. The van der Waals surface area contributed by atoms with Gasteiger partial charge in [-0.2, -0.15) is 18.3 Å². The molecule has 0 fully saturated rings. The summed E-state index contributed by atoms with van der Waals surface area (Å²) in [6, 6.07) is 2.75. The first-order valence-corrected chi connectivity index (χ1v) is 3.05. The van der Waals surface area contributed by atoms with E-state index < -0.39 is 12.8 Å². The van der Waals surface area contributed by atoms with E-state index in [9.17, 15) is 13.2 Å². The predicted molar refractivity (Wildman–Crippen MR) is 33.6 cm³/mol. The Morgan fingerprint density at radius 1 is 1.42 bits per heavy atom. The van der Waals surface area contributed by atoms with E-state index in [1.165, 1.54) is 18.3 Å². The highest BCUT2D eigenvalue weighted by Gasteiger charge is 2.28. The van der Waals surface area contributed by atoms with Crippen LogP contribution in [0.3, 0.4) is 0 Å². The van der Waals surface area contributed by atoms with Gasteiger partial charge in [-0.15, -0.1) is 5.10 Å². The fourth-order valence-corrected chi connectivity index (χ4v) is 0.520. The van der Waals surface area contributed by atoms with Gasteiger partial charge in [-0.25, -0.2) is 0 Å². The second kappa shape index (κ2) is 3.38. The van der Waals surface area contributed by atoms with Crippen LogP contribution in [0.5, 0.6) is 5.88 Å². The van der Waals surface area contributed by atoms with Gasteiger partial charge in [-0.1, -0.05) is 0 Å². The molecule has 66 valence electrons. The van der Waals surface area contributed by atoms with E-state index in [-0.39, 0.29) is 5.88 Å². The molecule has 1 rings (SSSR count). The molecule has 0 aliphatic heterocycles. The number of hydrogen-bond donors (Lipinski definition) is 0. The molecule has 1 aromatic heterocycles. The number of nitrogens with zero attached hydrogens (tertiary/aromatic N) is 2. The molecule has 0 saturated heterocycles. The third kappa shape index (κ3) is 3.18. The van der Waals surface area contributed by atoms with Crippen molar-refractivity contribution in [1.82, 2.24) is 10.2 Å². The van der Waals surface area contributed by atoms with Crippen molar-refractivity contribution in [3.8, 4) is 5.88 Å². The smallest absolute Gasteiger partial charge is 0.422 e. The molecule has 3 nitrogen and oxygen atoms in total. The summed E-state index contributed by atoms with van der Waals surface area (Å²) in [6.45, 7) is -1.34. The van der Waals surface area contributed by atoms with Gasteiger partial charge < -0.3 is 4.74 Å². The van der Waals surface area contributed by atoms with Gasteiger partial charge in [0.05, 0.1) is 0 Å². The summed E-state index contributed by atoms with van der Waals surface area (Å²) in [4.78, 5) is 0. The first-order chi connectivity index (χ1) is 5.58. The molecule has 0 atom stereocenters. The second-order valence-electron chi connectivity index (χ2n) is 1.97. The maximum atomic E-state index is 11.6. The van der Waals surface area contributed by atoms with Crippen LogP contribution in [0.2, 0.25) is 0 Å². The zero-order valence-corrected chi connectivity index (χ0v) is 5.88. The van der Waals surface area contributed by atoms with Gasteiger partial charge in [0.2, 0.25) is 5.88 Å². The molecule has 1 heterocycles. The van der Waals surface area contributed by atoms with Crippen LogP contribution in [0.1, 0.15) is 0 Å². The Hall–Kier alpha value is -1.33. The van der Waals surface area contributed by atoms with Crippen LogP contribution in [0.15, 0.2) is 18.3 Å². The van der Waals surface area contributed by atoms with Crippen molar-refractivity contribution in [2.24, 2.45) is 0 Å². The molecule has 0 amide bonds. The molecule has 0 aliphatic rings. The minimum Gasteiger partial charge on any atom is -0.467 e. The minimum absolute atomic E-state index is 0.130. The normalized spacial score (nSPS) is 11.2. The predicted octanol–water partition coefficient (Wildman–Crippen LogP) is 1.42. The van der Waals surface area contributed by atoms with Crippen molar-refractivity contribution in [3.05, 3.63) is 18.3 Å². The average Bonchev–Trinajstić information content (AvgIpc) is 2.02. The largest absolute Gasteiger partial charge is 0.467 e. The van der Waals surface area contributed by atoms with Gasteiger partial charge >= 0.3 is 6.18 Å². The van der Waals surface area contributed by atoms with E-state index in [0.717, 1.165) is 0 Å². The summed E-state index contributed by atoms with van der Waals surface area (Å²) >= 11 is 0. The van der Waals surface area contributed by atoms with E-state index in [0.29, 0.717) is 0 Å². The maximum Gasteiger partial charge on any atom is 0.422 e. The molecular formula is C6H5F3N2O. The van der Waals surface area contributed by atoms with E-state index in [2.05, 4.69) is 14.9 Å². The molecule has 0 unspecified atom stereocenters. The van der Waals surface area contributed by atoms with Crippen molar-refractivity contribution >= 4 is 0 Å². The second-order valence-corrected chi connectivity index (χ2v) is 1.97. The Balaban J connectivity index is 2.44. The SMILES string of the molecule is FC(F)(F)COc1cccnn1. The highest BCUT2D eigenvalue weighted by Crippen LogP contribution is 2.15. The summed E-state index contributed by atoms with van der Waals surface area (Å²) in [6.07, 6.45) is -2.99. The molecule has 6 heteroatoms. The van der Waals surface area contributed by atoms with Crippen molar-refractivity contribution in [3.63, 3.8) is 0 Å². The Labute approximate surface area is 66.2 Å². The lowest BCUT2D eigenvalue weighted by molar-refractivity contribution is -0.154. The van der Waals surface area contributed by atoms with E-state index in [1.807, 2.05) is 0 Å². The van der Waals surface area contributed by atoms with Gasteiger partial charge in [0.25, 0.3) is 0 Å². The van der Waals surface area contributed by atoms with Crippen molar-refractivity contribution in [1.29, 1.82) is 0 Å². The fourth-order valence-electron chi connectivity index (χ4n) is 0.520. The first-order valence-electron chi connectivity index (χ1n) is 3.05. The molecule has 0 saturated carbocycles. The lowest BCUT2D eigenvalue weighted by Crippen LogP contribution is -2.19. The summed E-state index contributed by atoms with van der Waals surface area (Å²) in [5.74, 6) is -0.130. The number of rotatable bonds is 2. The third-order valence-electron chi connectivity index (χ3n) is 0.932. The monoisotopic (exact) mass is 178 g/mol. The zero-order chi connectivity index (χ0) is 9.03. The number of hydrogen-bond acceptors (Lipinski definition) is 3. The highest BCUT2D eigenvalue weighted by atomic mass is 19.4. The van der Waals surface area contributed by atoms with E-state index in [4.69, 9.17) is 0 Å². The van der Waals surface area contributed by atoms with Crippen LogP contribution in [0.25, 0.3) is 0 Å². The van der Waals surface area contributed by atoms with Crippen LogP contribution in [0.4, 0.5) is 13.2 Å². The van der Waals surface area contributed by atoms with Gasteiger partial charge in [0.1, 0.15) is 0 Å². The summed E-state index contributed by atoms with van der Waals surface area (Å²) in [5.41, 5.74) is 0. The van der Waals surface area contributed by atoms with Gasteiger partial charge in [-0.3, -0.25) is 0 Å². The van der Waals surface area contributed by atoms with Gasteiger partial charge in [0.15, 0.2) is 6.61 Å². The number of aromatic nitrogens is 2. The Morgan fingerprint density at radius 3 is 2.67 bits per heavy atom. The van der Waals surface area contributed by atoms with E-state index >= 15 is 0 Å². The van der Waals surface area contributed by atoms with Crippen molar-refractivity contribution in [2.45, 2.75) is 6.18 Å². The van der Waals surface area contributed by atoms with Crippen molar-refractivity contribution < 1.29 is 17.9 Å². The summed E-state index contributed by atoms with van der Waals surface area (Å²) < 4.78 is 39.0. The molecule has 0 aliphatic carbocycles. The van der Waals surface area contributed by atoms with Crippen molar-refractivity contribution in [2.75, 3.05) is 6.61 Å². The number of alkyl halides is 3. The van der Waals surface area contributed by atoms with Crippen LogP contribution in [0, 0.1) is 0 Å². The maximum absolute atomic E-state index is 11.6. The highest BCUT2D eigenvalue weighted by molar-refractivity contribution is 5.05. The summed E-state index contributed by atoms with van der Waals surface area (Å²) in [7, 11) is 0. The topological polar surface area (TPSA) is 35.0 Å². The molecule has 0 radical (unpaired) electrons. The quantitative estimate of drug-likeness (QED) is 0.686. The molecule has 0 aromatic carbocycles. The molecule has 12 heavy (non-hydrogen) atoms. The Morgan fingerprint density at radius 2 is 2.17 bits per heavy atom. The van der Waals surface area contributed by atoms with E-state index in [1.54, 1.807) is 0 Å². The third-order valence-corrected chi connectivity index (χ3v) is 0.932. The zero-order valence-electron chi connectivity index (χ0n) is 5.88. The molecular weight excluding hydrogens is 173 g/mol. The van der Waals surface area contributed by atoms with Crippen LogP contribution in [-0.2, 0) is 0 Å². The van der Waals surface area contributed by atoms with Gasteiger partial charge in [0, 0.05) is 12.3 Å². The molecule has 0 spiro atoms. The molecule has 0 N–H and O–H groups in total. The number of ether oxygens (including phenoxy) is 1. The van der Waals surface area contributed by atoms with Crippen LogP contribution < -0.4 is 4.74 Å². The fraction of sp³-hybridized carbons (Fsp3) is 0.333. The van der Waals surface area contributed by atoms with Gasteiger partial charge in [-0.05, 0) is 6.07 Å². The molecule has 0 bridgehead atoms. The average molecular weight is 178 g/mol. The Kier molecular flexibility index (Phi) is 2.47. The summed E-state index contributed by atoms with van der Waals surface area (Å²) in [5, 5.41) is 6.65. The lowest BCUT2D eigenvalue weighted by atomic mass is 10.6. The standard InChI is InChI=1S/C6H5F3N2O/c7-6(8,9)4-12-5-2-1-3-10-11-5/h1-3H,4H2. The lowest BCUT2D eigenvalue weighted by Gasteiger charge is -2.06. The number of halogens is 3. The Bertz CT molecular complexity index is 236. The minimum atomic E-state index is -4.34. The van der Waals surface area contributed by atoms with Crippen LogP contribution >= 0.6 is 0 Å². The molecule has 1 aromatic rings.